The van der Waals surface area contributed by atoms with Gasteiger partial charge in [0, 0.05) is 38.7 Å². The van der Waals surface area contributed by atoms with Crippen LogP contribution in [0.25, 0.3) is 5.82 Å². The second-order valence-electron chi connectivity index (χ2n) is 7.08. The minimum absolute atomic E-state index is 0. The summed E-state index contributed by atoms with van der Waals surface area (Å²) < 4.78 is 7.57. The van der Waals surface area contributed by atoms with Crippen LogP contribution in [0.2, 0.25) is 0 Å². The van der Waals surface area contributed by atoms with Crippen LogP contribution < -0.4 is 10.6 Å². The fraction of sp³-hybridized carbons (Fsp3) is 0.381. The Labute approximate surface area is 193 Å². The summed E-state index contributed by atoms with van der Waals surface area (Å²) in [6, 6.07) is 8.25. The number of aliphatic imine (C=N–C) groups is 1. The zero-order valence-corrected chi connectivity index (χ0v) is 19.4. The highest BCUT2D eigenvalue weighted by Gasteiger charge is 2.25. The van der Waals surface area contributed by atoms with E-state index in [0.29, 0.717) is 6.54 Å². The van der Waals surface area contributed by atoms with Crippen LogP contribution in [0.5, 0.6) is 0 Å². The molecule has 0 radical (unpaired) electrons. The van der Waals surface area contributed by atoms with E-state index in [9.17, 15) is 0 Å². The maximum atomic E-state index is 5.69. The number of pyridine rings is 1. The number of furan rings is 1. The molecule has 0 saturated carbocycles. The molecule has 0 aromatic carbocycles. The van der Waals surface area contributed by atoms with Crippen LogP contribution in [0.4, 0.5) is 0 Å². The van der Waals surface area contributed by atoms with E-state index < -0.39 is 0 Å². The zero-order chi connectivity index (χ0) is 19.9. The maximum absolute atomic E-state index is 5.69. The number of aromatic nitrogens is 3. The first kappa shape index (κ1) is 22.3. The van der Waals surface area contributed by atoms with Crippen molar-refractivity contribution in [3.8, 4) is 5.82 Å². The van der Waals surface area contributed by atoms with E-state index in [1.165, 1.54) is 12.8 Å². The molecule has 0 aliphatic carbocycles. The lowest BCUT2D eigenvalue weighted by atomic mass is 10.2. The first-order valence-corrected chi connectivity index (χ1v) is 9.99. The van der Waals surface area contributed by atoms with Gasteiger partial charge in [-0.25, -0.2) is 9.97 Å². The molecular formula is C21H28IN7O. The highest BCUT2D eigenvalue weighted by molar-refractivity contribution is 14.0. The Hall–Kier alpha value is -2.40. The van der Waals surface area contributed by atoms with Gasteiger partial charge in [0.1, 0.15) is 17.9 Å². The van der Waals surface area contributed by atoms with Crippen molar-refractivity contribution >= 4 is 29.9 Å². The molecule has 8 nitrogen and oxygen atoms in total. The lowest BCUT2D eigenvalue weighted by Gasteiger charge is -2.26. The quantitative estimate of drug-likeness (QED) is 0.283. The van der Waals surface area contributed by atoms with Crippen molar-refractivity contribution in [2.75, 3.05) is 26.7 Å². The molecule has 9 heteroatoms. The summed E-state index contributed by atoms with van der Waals surface area (Å²) in [7, 11) is 1.79. The van der Waals surface area contributed by atoms with Crippen molar-refractivity contribution in [1.29, 1.82) is 0 Å². The van der Waals surface area contributed by atoms with Gasteiger partial charge in [-0.2, -0.15) is 0 Å². The van der Waals surface area contributed by atoms with E-state index in [0.717, 1.165) is 42.7 Å². The van der Waals surface area contributed by atoms with Crippen molar-refractivity contribution in [3.05, 3.63) is 66.8 Å². The van der Waals surface area contributed by atoms with Gasteiger partial charge in [0.25, 0.3) is 0 Å². The number of hydrogen-bond donors (Lipinski definition) is 2. The topological polar surface area (TPSA) is 83.5 Å². The largest absolute Gasteiger partial charge is 0.468 e. The highest BCUT2D eigenvalue weighted by Crippen LogP contribution is 2.24. The third kappa shape index (κ3) is 5.60. The zero-order valence-electron chi connectivity index (χ0n) is 17.1. The molecule has 1 aliphatic rings. The van der Waals surface area contributed by atoms with Crippen LogP contribution in [-0.2, 0) is 6.54 Å². The van der Waals surface area contributed by atoms with E-state index in [1.807, 2.05) is 35.2 Å². The van der Waals surface area contributed by atoms with Crippen LogP contribution in [0.1, 0.15) is 30.2 Å². The Kier molecular flexibility index (Phi) is 8.26. The smallest absolute Gasteiger partial charge is 0.191 e. The monoisotopic (exact) mass is 521 g/mol. The number of imidazole rings is 1. The third-order valence-electron chi connectivity index (χ3n) is 5.18. The van der Waals surface area contributed by atoms with Crippen LogP contribution >= 0.6 is 24.0 Å². The number of guanidine groups is 1. The van der Waals surface area contributed by atoms with Gasteiger partial charge < -0.3 is 15.1 Å². The Morgan fingerprint density at radius 1 is 1.23 bits per heavy atom. The Morgan fingerprint density at radius 3 is 2.73 bits per heavy atom. The molecule has 2 N–H and O–H groups in total. The van der Waals surface area contributed by atoms with E-state index in [1.54, 1.807) is 25.8 Å². The third-order valence-corrected chi connectivity index (χ3v) is 5.18. The lowest BCUT2D eigenvalue weighted by molar-refractivity contribution is 0.215. The second-order valence-corrected chi connectivity index (χ2v) is 7.08. The maximum Gasteiger partial charge on any atom is 0.191 e. The van der Waals surface area contributed by atoms with E-state index in [4.69, 9.17) is 4.42 Å². The van der Waals surface area contributed by atoms with E-state index in [-0.39, 0.29) is 30.0 Å². The van der Waals surface area contributed by atoms with Crippen LogP contribution in [-0.4, -0.2) is 52.1 Å². The Morgan fingerprint density at radius 2 is 2.10 bits per heavy atom. The summed E-state index contributed by atoms with van der Waals surface area (Å²) in [5.41, 5.74) is 1.08. The summed E-state index contributed by atoms with van der Waals surface area (Å²) in [6.07, 6.45) is 11.4. The molecule has 3 aromatic rings. The van der Waals surface area contributed by atoms with Gasteiger partial charge in [-0.1, -0.05) is 6.07 Å². The van der Waals surface area contributed by atoms with Crippen molar-refractivity contribution < 1.29 is 4.42 Å². The van der Waals surface area contributed by atoms with Crippen molar-refractivity contribution in [2.45, 2.75) is 25.4 Å². The summed E-state index contributed by atoms with van der Waals surface area (Å²) in [5.74, 6) is 2.61. The minimum atomic E-state index is 0. The van der Waals surface area contributed by atoms with Crippen molar-refractivity contribution in [2.24, 2.45) is 4.99 Å². The number of likely N-dealkylation sites (tertiary alicyclic amines) is 1. The molecule has 30 heavy (non-hydrogen) atoms. The number of halogens is 1. The molecule has 4 heterocycles. The number of hydrogen-bond acceptors (Lipinski definition) is 5. The molecule has 3 aromatic heterocycles. The molecule has 4 rings (SSSR count). The van der Waals surface area contributed by atoms with Crippen LogP contribution in [0.15, 0.2) is 64.9 Å². The number of rotatable bonds is 7. The molecule has 0 amide bonds. The van der Waals surface area contributed by atoms with Crippen LogP contribution in [0.3, 0.4) is 0 Å². The number of nitrogens with zero attached hydrogens (tertiary/aromatic N) is 5. The van der Waals surface area contributed by atoms with Gasteiger partial charge >= 0.3 is 0 Å². The molecule has 0 spiro atoms. The van der Waals surface area contributed by atoms with Gasteiger partial charge in [-0.15, -0.1) is 24.0 Å². The summed E-state index contributed by atoms with van der Waals surface area (Å²) in [4.78, 5) is 15.4. The van der Waals surface area contributed by atoms with Crippen molar-refractivity contribution in [1.82, 2.24) is 30.1 Å². The molecular weight excluding hydrogens is 493 g/mol. The van der Waals surface area contributed by atoms with Gasteiger partial charge in [-0.05, 0) is 49.7 Å². The van der Waals surface area contributed by atoms with E-state index >= 15 is 0 Å². The van der Waals surface area contributed by atoms with E-state index in [2.05, 4.69) is 36.6 Å². The fourth-order valence-electron chi connectivity index (χ4n) is 3.61. The highest BCUT2D eigenvalue weighted by atomic mass is 127. The Balaban J connectivity index is 0.00000256. The number of nitrogens with one attached hydrogen (secondary N) is 2. The summed E-state index contributed by atoms with van der Waals surface area (Å²) in [5, 5.41) is 6.80. The molecule has 1 atom stereocenters. The first-order valence-electron chi connectivity index (χ1n) is 9.99. The minimum Gasteiger partial charge on any atom is -0.468 e. The molecule has 1 saturated heterocycles. The summed E-state index contributed by atoms with van der Waals surface area (Å²) >= 11 is 0. The molecule has 0 bridgehead atoms. The lowest BCUT2D eigenvalue weighted by Crippen LogP contribution is -2.42. The average Bonchev–Trinajstić information content (AvgIpc) is 3.54. The van der Waals surface area contributed by atoms with Gasteiger partial charge in [0.15, 0.2) is 5.96 Å². The SMILES string of the molecule is CN=C(NCc1ccc(-n2ccnc2)nc1)NCC(c1ccco1)N1CCCC1.I. The Bertz CT molecular complexity index is 888. The van der Waals surface area contributed by atoms with Gasteiger partial charge in [0.2, 0.25) is 0 Å². The molecule has 1 fully saturated rings. The second kappa shape index (κ2) is 11.1. The molecule has 1 unspecified atom stereocenters. The normalized spacial score (nSPS) is 15.6. The average molecular weight is 521 g/mol. The van der Waals surface area contributed by atoms with Crippen LogP contribution in [0, 0.1) is 0 Å². The van der Waals surface area contributed by atoms with Crippen molar-refractivity contribution in [3.63, 3.8) is 0 Å². The predicted octanol–water partition coefficient (Wildman–Crippen LogP) is 2.98. The first-order chi connectivity index (χ1) is 14.3. The fourth-order valence-corrected chi connectivity index (χ4v) is 3.61. The molecule has 1 aliphatic heterocycles. The van der Waals surface area contributed by atoms with Gasteiger partial charge in [-0.3, -0.25) is 14.5 Å². The van der Waals surface area contributed by atoms with Gasteiger partial charge in [0.05, 0.1) is 12.3 Å². The predicted molar refractivity (Wildman–Crippen MR) is 127 cm³/mol. The standard InChI is InChI=1S/C21H27N7O.HI/c1-22-21(25-14-17-6-7-20(24-13-17)28-11-8-23-16-28)26-15-18(19-5-4-12-29-19)27-9-2-3-10-27;/h4-8,11-13,16,18H,2-3,9-10,14-15H2,1H3,(H2,22,25,26);1H. The summed E-state index contributed by atoms with van der Waals surface area (Å²) in [6.45, 7) is 3.60. The molecule has 160 valence electrons.